The molecule has 2 N–H and O–H groups in total. The molecule has 1 aromatic heterocycles. The normalized spacial score (nSPS) is 12.3. The Balaban J connectivity index is 2.22. The van der Waals surface area contributed by atoms with Crippen molar-refractivity contribution in [2.75, 3.05) is 0 Å². The van der Waals surface area contributed by atoms with E-state index < -0.39 is 62.2 Å². The molecule has 0 fully saturated rings. The van der Waals surface area contributed by atoms with Gasteiger partial charge in [0.15, 0.2) is 12.4 Å². The van der Waals surface area contributed by atoms with Crippen molar-refractivity contribution in [2.24, 2.45) is 5.14 Å². The summed E-state index contributed by atoms with van der Waals surface area (Å²) in [6, 6.07) is 4.19. The minimum Gasteiger partial charge on any atom is -0.405 e. The van der Waals surface area contributed by atoms with Crippen LogP contribution in [0.5, 0.6) is 5.75 Å². The molecule has 0 saturated carbocycles. The second-order valence-corrected chi connectivity index (χ2v) is 7.83. The van der Waals surface area contributed by atoms with Gasteiger partial charge in [0, 0.05) is 11.1 Å². The number of benzene rings is 2. The quantitative estimate of drug-likeness (QED) is 0.554. The maximum absolute atomic E-state index is 14.6. The number of hydrogen-bond acceptors (Lipinski definition) is 5. The monoisotopic (exact) mass is 466 g/mol. The number of nitrogens with two attached hydrogens (primary N) is 1. The zero-order valence-corrected chi connectivity index (χ0v) is 16.2. The van der Waals surface area contributed by atoms with Crippen LogP contribution in [0.15, 0.2) is 39.8 Å². The van der Waals surface area contributed by atoms with E-state index in [-0.39, 0.29) is 16.8 Å². The average molecular weight is 466 g/mol. The Labute approximate surface area is 171 Å². The van der Waals surface area contributed by atoms with Gasteiger partial charge in [-0.3, -0.25) is 0 Å². The van der Waals surface area contributed by atoms with E-state index >= 15 is 0 Å². The lowest BCUT2D eigenvalue weighted by molar-refractivity contribution is -0.274. The first-order chi connectivity index (χ1) is 14.3. The first-order valence-corrected chi connectivity index (χ1v) is 9.80. The van der Waals surface area contributed by atoms with E-state index in [1.165, 1.54) is 19.1 Å². The third kappa shape index (κ3) is 4.66. The average Bonchev–Trinajstić information content (AvgIpc) is 3.07. The zero-order chi connectivity index (χ0) is 23.1. The fraction of sp³-hybridized carbons (Fsp3) is 0.167. The molecule has 0 aliphatic carbocycles. The van der Waals surface area contributed by atoms with Gasteiger partial charge in [0.25, 0.3) is 0 Å². The van der Waals surface area contributed by atoms with Gasteiger partial charge < -0.3 is 9.26 Å². The van der Waals surface area contributed by atoms with Crippen LogP contribution in [0.1, 0.15) is 11.3 Å². The van der Waals surface area contributed by atoms with Crippen LogP contribution in [0.3, 0.4) is 0 Å². The van der Waals surface area contributed by atoms with Crippen LogP contribution in [0, 0.1) is 18.6 Å². The first-order valence-electron chi connectivity index (χ1n) is 8.25. The molecule has 2 aromatic carbocycles. The van der Waals surface area contributed by atoms with Gasteiger partial charge in [-0.1, -0.05) is 17.3 Å². The Bertz CT molecular complexity index is 1250. The van der Waals surface area contributed by atoms with Crippen molar-refractivity contribution in [1.29, 1.82) is 0 Å². The smallest absolute Gasteiger partial charge is 0.405 e. The second-order valence-electron chi connectivity index (χ2n) is 6.30. The fourth-order valence-corrected chi connectivity index (χ4v) is 3.41. The van der Waals surface area contributed by atoms with E-state index in [0.29, 0.717) is 12.1 Å². The number of alkyl halides is 4. The number of primary sulfonamides is 1. The molecule has 0 saturated heterocycles. The number of rotatable bonds is 5. The molecule has 6 nitrogen and oxygen atoms in total. The summed E-state index contributed by atoms with van der Waals surface area (Å²) in [5, 5.41) is 8.38. The first kappa shape index (κ1) is 22.6. The number of halogens is 6. The highest BCUT2D eigenvalue weighted by Gasteiger charge is 2.32. The minimum absolute atomic E-state index is 0.0846. The topological polar surface area (TPSA) is 95.4 Å². The Kier molecular flexibility index (Phi) is 5.76. The highest BCUT2D eigenvalue weighted by atomic mass is 32.2. The van der Waals surface area contributed by atoms with Crippen LogP contribution < -0.4 is 9.88 Å². The van der Waals surface area contributed by atoms with Crippen LogP contribution in [-0.4, -0.2) is 19.9 Å². The molecule has 0 radical (unpaired) electrons. The van der Waals surface area contributed by atoms with Crippen LogP contribution in [-0.2, 0) is 16.7 Å². The molecule has 31 heavy (non-hydrogen) atoms. The molecule has 0 unspecified atom stereocenters. The lowest BCUT2D eigenvalue weighted by Crippen LogP contribution is -2.17. The molecule has 0 bridgehead atoms. The van der Waals surface area contributed by atoms with Gasteiger partial charge in [0.1, 0.15) is 28.0 Å². The Morgan fingerprint density at radius 3 is 2.39 bits per heavy atom. The molecule has 0 spiro atoms. The molecular weight excluding hydrogens is 454 g/mol. The van der Waals surface area contributed by atoms with Crippen LogP contribution in [0.4, 0.5) is 26.3 Å². The highest BCUT2D eigenvalue weighted by Crippen LogP contribution is 2.39. The van der Waals surface area contributed by atoms with E-state index in [1.54, 1.807) is 0 Å². The number of ether oxygens (including phenoxy) is 1. The van der Waals surface area contributed by atoms with E-state index in [2.05, 4.69) is 9.89 Å². The number of hydrogen-bond donors (Lipinski definition) is 1. The maximum Gasteiger partial charge on any atom is 0.573 e. The van der Waals surface area contributed by atoms with Crippen molar-refractivity contribution in [3.8, 4) is 28.1 Å². The molecule has 0 amide bonds. The maximum atomic E-state index is 14.6. The van der Waals surface area contributed by atoms with Crippen molar-refractivity contribution in [3.05, 3.63) is 53.3 Å². The Morgan fingerprint density at radius 2 is 1.81 bits per heavy atom. The summed E-state index contributed by atoms with van der Waals surface area (Å²) in [5.41, 5.74) is -1.35. The number of nitrogens with zero attached hydrogens (tertiary/aromatic N) is 1. The molecule has 3 rings (SSSR count). The molecule has 1 heterocycles. The standard InChI is InChI=1S/C18H12F6N2O4S/c1-8-2-3-9(4-13(8)29-18(22,23)24)17-16(14(7-19)30-26-17)10-5-12(21)15(6-11(10)20)31(25,27)28/h2-6H,7H2,1H3,(H2,25,27,28). The van der Waals surface area contributed by atoms with Gasteiger partial charge in [-0.2, -0.15) is 0 Å². The molecular formula is C18H12F6N2O4S. The third-order valence-corrected chi connectivity index (χ3v) is 5.09. The largest absolute Gasteiger partial charge is 0.573 e. The van der Waals surface area contributed by atoms with E-state index in [4.69, 9.17) is 9.66 Å². The van der Waals surface area contributed by atoms with Gasteiger partial charge in [0.05, 0.1) is 5.56 Å². The Morgan fingerprint density at radius 1 is 1.13 bits per heavy atom. The summed E-state index contributed by atoms with van der Waals surface area (Å²) >= 11 is 0. The minimum atomic E-state index is -5.00. The van der Waals surface area contributed by atoms with Crippen LogP contribution in [0.25, 0.3) is 22.4 Å². The summed E-state index contributed by atoms with van der Waals surface area (Å²) < 4.78 is 112. The van der Waals surface area contributed by atoms with Gasteiger partial charge in [-0.05, 0) is 30.7 Å². The second kappa shape index (κ2) is 7.89. The molecule has 13 heteroatoms. The zero-order valence-electron chi connectivity index (χ0n) is 15.4. The summed E-state index contributed by atoms with van der Waals surface area (Å²) in [6.45, 7) is 0.0146. The number of sulfonamides is 1. The summed E-state index contributed by atoms with van der Waals surface area (Å²) in [6.07, 6.45) is -5.00. The van der Waals surface area contributed by atoms with Crippen LogP contribution >= 0.6 is 0 Å². The highest BCUT2D eigenvalue weighted by molar-refractivity contribution is 7.89. The van der Waals surface area contributed by atoms with Crippen LogP contribution in [0.2, 0.25) is 0 Å². The van der Waals surface area contributed by atoms with E-state index in [0.717, 1.165) is 6.07 Å². The summed E-state index contributed by atoms with van der Waals surface area (Å²) in [4.78, 5) is -1.13. The van der Waals surface area contributed by atoms with Gasteiger partial charge in [0.2, 0.25) is 10.0 Å². The van der Waals surface area contributed by atoms with E-state index in [9.17, 15) is 34.8 Å². The number of aryl methyl sites for hydroxylation is 1. The summed E-state index contributed by atoms with van der Waals surface area (Å²) in [7, 11) is -4.60. The summed E-state index contributed by atoms with van der Waals surface area (Å²) in [5.74, 6) is -3.89. The SMILES string of the molecule is Cc1ccc(-c2noc(CF)c2-c2cc(F)c(S(N)(=O)=O)cc2F)cc1OC(F)(F)F. The Hall–Kier alpha value is -3.06. The van der Waals surface area contributed by atoms with E-state index in [1.807, 2.05) is 0 Å². The molecule has 166 valence electrons. The van der Waals surface area contributed by atoms with Gasteiger partial charge in [-0.15, -0.1) is 13.2 Å². The predicted octanol–water partition coefficient (Wildman–Crippen LogP) is 4.61. The van der Waals surface area contributed by atoms with Gasteiger partial charge in [-0.25, -0.2) is 26.7 Å². The van der Waals surface area contributed by atoms with Crippen molar-refractivity contribution >= 4 is 10.0 Å². The third-order valence-electron chi connectivity index (χ3n) is 4.17. The molecule has 0 aliphatic rings. The van der Waals surface area contributed by atoms with Crippen molar-refractivity contribution < 1.29 is 44.0 Å². The lowest BCUT2D eigenvalue weighted by atomic mass is 9.98. The van der Waals surface area contributed by atoms with Gasteiger partial charge >= 0.3 is 6.36 Å². The predicted molar refractivity (Wildman–Crippen MR) is 94.9 cm³/mol. The molecule has 3 aromatic rings. The number of aromatic nitrogens is 1. The molecule has 0 atom stereocenters. The molecule has 0 aliphatic heterocycles. The van der Waals surface area contributed by atoms with Crippen molar-refractivity contribution in [1.82, 2.24) is 5.16 Å². The lowest BCUT2D eigenvalue weighted by Gasteiger charge is -2.13. The van der Waals surface area contributed by atoms with Crippen molar-refractivity contribution in [2.45, 2.75) is 24.9 Å². The van der Waals surface area contributed by atoms with Crippen molar-refractivity contribution in [3.63, 3.8) is 0 Å². The fourth-order valence-electron chi connectivity index (χ4n) is 2.81.